The Bertz CT molecular complexity index is 458. The zero-order valence-corrected chi connectivity index (χ0v) is 10.3. The maximum Gasteiger partial charge on any atom is 0.138 e. The normalized spacial score (nSPS) is 17.4. The second-order valence-electron chi connectivity index (χ2n) is 4.36. The van der Waals surface area contributed by atoms with Crippen molar-refractivity contribution in [3.8, 4) is 11.8 Å². The van der Waals surface area contributed by atoms with E-state index in [1.165, 1.54) is 0 Å². The van der Waals surface area contributed by atoms with Crippen molar-refractivity contribution < 1.29 is 4.74 Å². The third kappa shape index (κ3) is 1.56. The molecule has 1 aromatic carbocycles. The van der Waals surface area contributed by atoms with Gasteiger partial charge in [0.2, 0.25) is 0 Å². The number of rotatable bonds is 2. The summed E-state index contributed by atoms with van der Waals surface area (Å²) >= 11 is 6.11. The zero-order valence-electron chi connectivity index (χ0n) is 9.51. The Morgan fingerprint density at radius 1 is 1.44 bits per heavy atom. The predicted octanol–water partition coefficient (Wildman–Crippen LogP) is 3.60. The number of methoxy groups -OCH3 is 1. The van der Waals surface area contributed by atoms with Gasteiger partial charge in [-0.2, -0.15) is 5.26 Å². The van der Waals surface area contributed by atoms with Crippen molar-refractivity contribution in [2.75, 3.05) is 7.11 Å². The van der Waals surface area contributed by atoms with Gasteiger partial charge in [0, 0.05) is 0 Å². The summed E-state index contributed by atoms with van der Waals surface area (Å²) in [5.74, 6) is 0.665. The molecule has 1 aliphatic carbocycles. The van der Waals surface area contributed by atoms with E-state index in [9.17, 15) is 5.26 Å². The summed E-state index contributed by atoms with van der Waals surface area (Å²) in [4.78, 5) is 0. The minimum absolute atomic E-state index is 0.303. The van der Waals surface area contributed by atoms with E-state index in [0.717, 1.165) is 30.4 Å². The highest BCUT2D eigenvalue weighted by Crippen LogP contribution is 2.45. The summed E-state index contributed by atoms with van der Waals surface area (Å²) in [6, 6.07) is 6.34. The van der Waals surface area contributed by atoms with Crippen LogP contribution in [0.25, 0.3) is 0 Å². The molecule has 0 spiro atoms. The van der Waals surface area contributed by atoms with Crippen molar-refractivity contribution in [3.63, 3.8) is 0 Å². The van der Waals surface area contributed by atoms with Crippen LogP contribution in [0.3, 0.4) is 0 Å². The van der Waals surface area contributed by atoms with Gasteiger partial charge in [0.15, 0.2) is 0 Å². The number of hydrogen-bond acceptors (Lipinski definition) is 2. The Kier molecular flexibility index (Phi) is 2.82. The molecule has 0 bridgehead atoms. The Labute approximate surface area is 101 Å². The number of halogens is 1. The van der Waals surface area contributed by atoms with Crippen LogP contribution in [0, 0.1) is 18.3 Å². The molecule has 1 saturated carbocycles. The number of hydrogen-bond donors (Lipinski definition) is 0. The number of ether oxygens (including phenoxy) is 1. The van der Waals surface area contributed by atoms with Crippen LogP contribution in [0.5, 0.6) is 5.75 Å². The molecule has 0 amide bonds. The van der Waals surface area contributed by atoms with Crippen molar-refractivity contribution in [3.05, 3.63) is 28.3 Å². The van der Waals surface area contributed by atoms with Crippen molar-refractivity contribution in [2.45, 2.75) is 31.6 Å². The van der Waals surface area contributed by atoms with Crippen LogP contribution >= 0.6 is 11.6 Å². The predicted molar refractivity (Wildman–Crippen MR) is 63.9 cm³/mol. The lowest BCUT2D eigenvalue weighted by Gasteiger charge is -2.36. The molecule has 0 N–H and O–H groups in total. The zero-order chi connectivity index (χ0) is 11.8. The quantitative estimate of drug-likeness (QED) is 0.785. The standard InChI is InChI=1S/C13H14ClNO/c1-9-6-10(7-11(16-2)12(9)14)13(8-15)4-3-5-13/h6-7H,3-5H2,1-2H3. The van der Waals surface area contributed by atoms with Gasteiger partial charge in [-0.05, 0) is 43.4 Å². The summed E-state index contributed by atoms with van der Waals surface area (Å²) in [5, 5.41) is 9.93. The fourth-order valence-electron chi connectivity index (χ4n) is 2.16. The first kappa shape index (κ1) is 11.3. The second-order valence-corrected chi connectivity index (χ2v) is 4.73. The topological polar surface area (TPSA) is 33.0 Å². The van der Waals surface area contributed by atoms with Crippen LogP contribution in [0.15, 0.2) is 12.1 Å². The summed E-state index contributed by atoms with van der Waals surface area (Å²) in [6.07, 6.45) is 3.00. The Morgan fingerprint density at radius 3 is 2.56 bits per heavy atom. The van der Waals surface area contributed by atoms with Gasteiger partial charge in [-0.1, -0.05) is 17.7 Å². The van der Waals surface area contributed by atoms with Gasteiger partial charge in [-0.25, -0.2) is 0 Å². The molecule has 2 rings (SSSR count). The molecule has 0 saturated heterocycles. The molecule has 0 aromatic heterocycles. The minimum atomic E-state index is -0.303. The number of nitriles is 1. The van der Waals surface area contributed by atoms with Crippen LogP contribution in [0.4, 0.5) is 0 Å². The molecule has 0 heterocycles. The van der Waals surface area contributed by atoms with Crippen LogP contribution < -0.4 is 4.74 Å². The van der Waals surface area contributed by atoms with Crippen molar-refractivity contribution in [1.29, 1.82) is 5.26 Å². The van der Waals surface area contributed by atoms with Crippen molar-refractivity contribution >= 4 is 11.6 Å². The molecule has 0 atom stereocenters. The third-order valence-electron chi connectivity index (χ3n) is 3.41. The van der Waals surface area contributed by atoms with Gasteiger partial charge in [0.1, 0.15) is 5.75 Å². The SMILES string of the molecule is COc1cc(C2(C#N)CCC2)cc(C)c1Cl. The van der Waals surface area contributed by atoms with Gasteiger partial charge in [-0.3, -0.25) is 0 Å². The van der Waals surface area contributed by atoms with E-state index in [1.807, 2.05) is 19.1 Å². The minimum Gasteiger partial charge on any atom is -0.495 e. The molecule has 2 nitrogen and oxygen atoms in total. The van der Waals surface area contributed by atoms with E-state index in [0.29, 0.717) is 10.8 Å². The van der Waals surface area contributed by atoms with Crippen molar-refractivity contribution in [1.82, 2.24) is 0 Å². The van der Waals surface area contributed by atoms with Crippen LogP contribution in [-0.2, 0) is 5.41 Å². The highest BCUT2D eigenvalue weighted by molar-refractivity contribution is 6.32. The number of aryl methyl sites for hydroxylation is 1. The van der Waals surface area contributed by atoms with E-state index in [2.05, 4.69) is 6.07 Å². The first-order valence-electron chi connectivity index (χ1n) is 5.39. The van der Waals surface area contributed by atoms with Gasteiger partial charge in [0.25, 0.3) is 0 Å². The Morgan fingerprint density at radius 2 is 2.12 bits per heavy atom. The van der Waals surface area contributed by atoms with Crippen LogP contribution in [0.2, 0.25) is 5.02 Å². The lowest BCUT2D eigenvalue weighted by Crippen LogP contribution is -2.32. The maximum absolute atomic E-state index is 9.29. The molecule has 84 valence electrons. The van der Waals surface area contributed by atoms with Gasteiger partial charge in [-0.15, -0.1) is 0 Å². The summed E-state index contributed by atoms with van der Waals surface area (Å²) < 4.78 is 5.23. The molecule has 1 aliphatic rings. The first-order valence-corrected chi connectivity index (χ1v) is 5.76. The fraction of sp³-hybridized carbons (Fsp3) is 0.462. The molecule has 16 heavy (non-hydrogen) atoms. The molecule has 0 radical (unpaired) electrons. The smallest absolute Gasteiger partial charge is 0.138 e. The van der Waals surface area contributed by atoms with Crippen LogP contribution in [-0.4, -0.2) is 7.11 Å². The summed E-state index contributed by atoms with van der Waals surface area (Å²) in [6.45, 7) is 1.94. The first-order chi connectivity index (χ1) is 7.63. The van der Waals surface area contributed by atoms with E-state index < -0.39 is 0 Å². The lowest BCUT2D eigenvalue weighted by atomic mass is 9.65. The second kappa shape index (κ2) is 3.99. The maximum atomic E-state index is 9.29. The summed E-state index contributed by atoms with van der Waals surface area (Å²) in [5.41, 5.74) is 1.71. The van der Waals surface area contributed by atoms with E-state index in [4.69, 9.17) is 16.3 Å². The largest absolute Gasteiger partial charge is 0.495 e. The Hall–Kier alpha value is -1.20. The molecule has 0 aliphatic heterocycles. The lowest BCUT2D eigenvalue weighted by molar-refractivity contribution is 0.322. The van der Waals surface area contributed by atoms with Crippen LogP contribution in [0.1, 0.15) is 30.4 Å². The molecule has 3 heteroatoms. The van der Waals surface area contributed by atoms with E-state index in [-0.39, 0.29) is 5.41 Å². The summed E-state index contributed by atoms with van der Waals surface area (Å²) in [7, 11) is 1.60. The van der Waals surface area contributed by atoms with Crippen molar-refractivity contribution in [2.24, 2.45) is 0 Å². The van der Waals surface area contributed by atoms with E-state index >= 15 is 0 Å². The average molecular weight is 236 g/mol. The Balaban J connectivity index is 2.51. The molecular weight excluding hydrogens is 222 g/mol. The van der Waals surface area contributed by atoms with Gasteiger partial charge >= 0.3 is 0 Å². The molecular formula is C13H14ClNO. The highest BCUT2D eigenvalue weighted by atomic mass is 35.5. The monoisotopic (exact) mass is 235 g/mol. The van der Waals surface area contributed by atoms with Gasteiger partial charge in [0.05, 0.1) is 23.6 Å². The number of nitrogens with zero attached hydrogens (tertiary/aromatic N) is 1. The fourth-order valence-corrected chi connectivity index (χ4v) is 2.34. The third-order valence-corrected chi connectivity index (χ3v) is 3.90. The number of benzene rings is 1. The van der Waals surface area contributed by atoms with Gasteiger partial charge < -0.3 is 4.74 Å². The molecule has 0 unspecified atom stereocenters. The average Bonchev–Trinajstić information content (AvgIpc) is 2.22. The highest BCUT2D eigenvalue weighted by Gasteiger charge is 2.39. The molecule has 1 aromatic rings. The van der Waals surface area contributed by atoms with E-state index in [1.54, 1.807) is 7.11 Å². The molecule has 1 fully saturated rings.